The van der Waals surface area contributed by atoms with Gasteiger partial charge in [0.05, 0.1) is 13.7 Å². The van der Waals surface area contributed by atoms with E-state index in [4.69, 9.17) is 0 Å². The van der Waals surface area contributed by atoms with Crippen LogP contribution in [-0.2, 0) is 19.0 Å². The Bertz CT molecular complexity index is 199. The summed E-state index contributed by atoms with van der Waals surface area (Å²) in [5.41, 5.74) is 0. The SMILES string of the molecule is C=CC(OC(=O)OCC)C(=O)OC. The number of hydrogen-bond acceptors (Lipinski definition) is 5. The Kier molecular flexibility index (Phi) is 5.34. The molecular weight excluding hydrogens is 176 g/mol. The first kappa shape index (κ1) is 11.5. The van der Waals surface area contributed by atoms with Gasteiger partial charge in [-0.1, -0.05) is 6.58 Å². The molecule has 0 aliphatic heterocycles. The van der Waals surface area contributed by atoms with E-state index in [1.165, 1.54) is 7.11 Å². The van der Waals surface area contributed by atoms with E-state index in [9.17, 15) is 9.59 Å². The van der Waals surface area contributed by atoms with Crippen molar-refractivity contribution in [2.75, 3.05) is 13.7 Å². The number of esters is 1. The molecule has 0 aromatic carbocycles. The lowest BCUT2D eigenvalue weighted by Crippen LogP contribution is -2.26. The molecule has 1 unspecified atom stereocenters. The molecule has 1 atom stereocenters. The van der Waals surface area contributed by atoms with Gasteiger partial charge in [0.25, 0.3) is 0 Å². The fraction of sp³-hybridized carbons (Fsp3) is 0.500. The van der Waals surface area contributed by atoms with Crippen molar-refractivity contribution in [3.05, 3.63) is 12.7 Å². The highest BCUT2D eigenvalue weighted by Gasteiger charge is 2.20. The van der Waals surface area contributed by atoms with Crippen molar-refractivity contribution in [3.8, 4) is 0 Å². The molecule has 0 rings (SSSR count). The molecule has 0 aromatic rings. The molecular formula is C8H12O5. The molecule has 0 spiro atoms. The van der Waals surface area contributed by atoms with Crippen LogP contribution in [0.3, 0.4) is 0 Å². The molecule has 0 aromatic heterocycles. The van der Waals surface area contributed by atoms with Gasteiger partial charge in [-0.15, -0.1) is 0 Å². The third-order valence-corrected chi connectivity index (χ3v) is 1.13. The molecule has 0 N–H and O–H groups in total. The molecule has 0 aliphatic carbocycles. The highest BCUT2D eigenvalue weighted by molar-refractivity contribution is 5.79. The lowest BCUT2D eigenvalue weighted by molar-refractivity contribution is -0.149. The Balaban J connectivity index is 4.05. The van der Waals surface area contributed by atoms with Crippen LogP contribution in [0.25, 0.3) is 0 Å². The van der Waals surface area contributed by atoms with E-state index in [1.807, 2.05) is 0 Å². The molecule has 0 heterocycles. The monoisotopic (exact) mass is 188 g/mol. The topological polar surface area (TPSA) is 61.8 Å². The van der Waals surface area contributed by atoms with E-state index in [0.29, 0.717) is 0 Å². The van der Waals surface area contributed by atoms with E-state index in [-0.39, 0.29) is 6.61 Å². The van der Waals surface area contributed by atoms with Gasteiger partial charge in [-0.2, -0.15) is 0 Å². The molecule has 0 fully saturated rings. The molecule has 0 amide bonds. The van der Waals surface area contributed by atoms with Crippen molar-refractivity contribution >= 4 is 12.1 Å². The minimum Gasteiger partial charge on any atom is -0.466 e. The fourth-order valence-electron chi connectivity index (χ4n) is 0.564. The van der Waals surface area contributed by atoms with Gasteiger partial charge in [-0.25, -0.2) is 9.59 Å². The Morgan fingerprint density at radius 2 is 2.15 bits per heavy atom. The second kappa shape index (κ2) is 6.05. The first-order valence-electron chi connectivity index (χ1n) is 3.69. The lowest BCUT2D eigenvalue weighted by Gasteiger charge is -2.10. The number of methoxy groups -OCH3 is 1. The number of rotatable bonds is 4. The van der Waals surface area contributed by atoms with Crippen molar-refractivity contribution in [1.82, 2.24) is 0 Å². The maximum atomic E-state index is 10.9. The summed E-state index contributed by atoms with van der Waals surface area (Å²) in [7, 11) is 1.19. The van der Waals surface area contributed by atoms with E-state index < -0.39 is 18.2 Å². The first-order valence-corrected chi connectivity index (χ1v) is 3.69. The molecule has 5 heteroatoms. The van der Waals surface area contributed by atoms with Crippen LogP contribution in [0.4, 0.5) is 4.79 Å². The summed E-state index contributed by atoms with van der Waals surface area (Å²) >= 11 is 0. The smallest absolute Gasteiger partial charge is 0.466 e. The van der Waals surface area contributed by atoms with Gasteiger partial charge < -0.3 is 14.2 Å². The number of hydrogen-bond donors (Lipinski definition) is 0. The van der Waals surface area contributed by atoms with Crippen LogP contribution in [0.5, 0.6) is 0 Å². The standard InChI is InChI=1S/C8H12O5/c1-4-6(7(9)11-3)13-8(10)12-5-2/h4,6H,1,5H2,2-3H3. The summed E-state index contributed by atoms with van der Waals surface area (Å²) in [6.45, 7) is 5.12. The first-order chi connectivity index (χ1) is 6.15. The summed E-state index contributed by atoms with van der Waals surface area (Å²) in [4.78, 5) is 21.6. The van der Waals surface area contributed by atoms with Crippen LogP contribution in [-0.4, -0.2) is 31.9 Å². The van der Waals surface area contributed by atoms with Gasteiger partial charge in [0.1, 0.15) is 0 Å². The summed E-state index contributed by atoms with van der Waals surface area (Å²) in [5, 5.41) is 0. The number of carbonyl (C=O) groups is 2. The van der Waals surface area contributed by atoms with Gasteiger partial charge in [0, 0.05) is 0 Å². The highest BCUT2D eigenvalue weighted by atomic mass is 16.7. The maximum absolute atomic E-state index is 10.9. The van der Waals surface area contributed by atoms with Gasteiger partial charge in [-0.3, -0.25) is 0 Å². The van der Waals surface area contributed by atoms with Crippen LogP contribution < -0.4 is 0 Å². The third kappa shape index (κ3) is 4.15. The second-order valence-corrected chi connectivity index (χ2v) is 1.98. The lowest BCUT2D eigenvalue weighted by atomic mass is 10.3. The van der Waals surface area contributed by atoms with E-state index in [2.05, 4.69) is 20.8 Å². The van der Waals surface area contributed by atoms with Crippen LogP contribution in [0.2, 0.25) is 0 Å². The van der Waals surface area contributed by atoms with Crippen molar-refractivity contribution in [1.29, 1.82) is 0 Å². The van der Waals surface area contributed by atoms with Gasteiger partial charge in [0.15, 0.2) is 0 Å². The Labute approximate surface area is 76.3 Å². The van der Waals surface area contributed by atoms with Gasteiger partial charge in [-0.05, 0) is 13.0 Å². The largest absolute Gasteiger partial charge is 0.509 e. The predicted octanol–water partition coefficient (Wildman–Crippen LogP) is 0.887. The maximum Gasteiger partial charge on any atom is 0.509 e. The zero-order chi connectivity index (χ0) is 10.3. The molecule has 0 bridgehead atoms. The van der Waals surface area contributed by atoms with E-state index in [1.54, 1.807) is 6.92 Å². The van der Waals surface area contributed by atoms with Gasteiger partial charge >= 0.3 is 12.1 Å². The quantitative estimate of drug-likeness (QED) is 0.484. The third-order valence-electron chi connectivity index (χ3n) is 1.13. The molecule has 0 saturated heterocycles. The minimum absolute atomic E-state index is 0.184. The molecule has 0 aliphatic rings. The summed E-state index contributed by atoms with van der Waals surface area (Å²) in [5.74, 6) is -0.692. The second-order valence-electron chi connectivity index (χ2n) is 1.98. The Morgan fingerprint density at radius 1 is 1.54 bits per heavy atom. The summed E-state index contributed by atoms with van der Waals surface area (Å²) < 4.78 is 13.3. The zero-order valence-corrected chi connectivity index (χ0v) is 7.61. The van der Waals surface area contributed by atoms with E-state index in [0.717, 1.165) is 6.08 Å². The highest BCUT2D eigenvalue weighted by Crippen LogP contribution is 1.98. The number of ether oxygens (including phenoxy) is 3. The van der Waals surface area contributed by atoms with Crippen molar-refractivity contribution in [2.24, 2.45) is 0 Å². The molecule has 0 radical (unpaired) electrons. The van der Waals surface area contributed by atoms with Crippen molar-refractivity contribution < 1.29 is 23.8 Å². The number of carbonyl (C=O) groups excluding carboxylic acids is 2. The van der Waals surface area contributed by atoms with Crippen molar-refractivity contribution in [2.45, 2.75) is 13.0 Å². The summed E-state index contributed by atoms with van der Waals surface area (Å²) in [6.07, 6.45) is -0.871. The van der Waals surface area contributed by atoms with E-state index >= 15 is 0 Å². The molecule has 5 nitrogen and oxygen atoms in total. The average molecular weight is 188 g/mol. The van der Waals surface area contributed by atoms with Crippen molar-refractivity contribution in [3.63, 3.8) is 0 Å². The Morgan fingerprint density at radius 3 is 2.54 bits per heavy atom. The average Bonchev–Trinajstić information content (AvgIpc) is 2.13. The van der Waals surface area contributed by atoms with Crippen LogP contribution in [0.1, 0.15) is 6.92 Å². The molecule has 0 saturated carbocycles. The fourth-order valence-corrected chi connectivity index (χ4v) is 0.564. The normalized spacial score (nSPS) is 11.2. The zero-order valence-electron chi connectivity index (χ0n) is 7.61. The summed E-state index contributed by atoms with van der Waals surface area (Å²) in [6, 6.07) is 0. The molecule has 13 heavy (non-hydrogen) atoms. The van der Waals surface area contributed by atoms with Crippen LogP contribution >= 0.6 is 0 Å². The van der Waals surface area contributed by atoms with Crippen LogP contribution in [0, 0.1) is 0 Å². The van der Waals surface area contributed by atoms with Gasteiger partial charge in [0.2, 0.25) is 6.10 Å². The van der Waals surface area contributed by atoms with Crippen LogP contribution in [0.15, 0.2) is 12.7 Å². The minimum atomic E-state index is -1.11. The molecule has 74 valence electrons. The Hall–Kier alpha value is -1.52. The predicted molar refractivity (Wildman–Crippen MR) is 44.1 cm³/mol.